The molecule has 0 radical (unpaired) electrons. The number of nitrogens with one attached hydrogen (secondary N) is 1. The Balaban J connectivity index is 1.72. The van der Waals surface area contributed by atoms with E-state index >= 15 is 0 Å². The van der Waals surface area contributed by atoms with Crippen molar-refractivity contribution in [1.82, 2.24) is 4.31 Å². The molecule has 0 aromatic heterocycles. The number of anilines is 1. The molecule has 0 atom stereocenters. The van der Waals surface area contributed by atoms with Crippen molar-refractivity contribution < 1.29 is 13.2 Å². The zero-order valence-electron chi connectivity index (χ0n) is 13.5. The standard InChI is InChI=1S/C18H17N3O3S/c19-13-14-3-5-15(6-4-14)18(22)20-16-7-9-17(10-8-16)25(23,24)21-11-1-2-12-21/h3-10H,1-2,11-12H2,(H,20,22). The van der Waals surface area contributed by atoms with Crippen LogP contribution in [0, 0.1) is 11.3 Å². The molecule has 25 heavy (non-hydrogen) atoms. The van der Waals surface area contributed by atoms with Crippen LogP contribution in [0.4, 0.5) is 5.69 Å². The maximum Gasteiger partial charge on any atom is 0.255 e. The van der Waals surface area contributed by atoms with Crippen LogP contribution in [0.1, 0.15) is 28.8 Å². The summed E-state index contributed by atoms with van der Waals surface area (Å²) >= 11 is 0. The first-order valence-electron chi connectivity index (χ1n) is 7.92. The fourth-order valence-electron chi connectivity index (χ4n) is 2.69. The molecule has 0 saturated carbocycles. The van der Waals surface area contributed by atoms with E-state index in [1.165, 1.54) is 16.4 Å². The van der Waals surface area contributed by atoms with Crippen LogP contribution in [-0.2, 0) is 10.0 Å². The monoisotopic (exact) mass is 355 g/mol. The second-order valence-corrected chi connectivity index (χ2v) is 7.72. The van der Waals surface area contributed by atoms with E-state index in [2.05, 4.69) is 5.32 Å². The molecule has 0 unspecified atom stereocenters. The SMILES string of the molecule is N#Cc1ccc(C(=O)Nc2ccc(S(=O)(=O)N3CCCC3)cc2)cc1. The van der Waals surface area contributed by atoms with E-state index in [1.807, 2.05) is 6.07 Å². The number of sulfonamides is 1. The van der Waals surface area contributed by atoms with Crippen LogP contribution in [0.15, 0.2) is 53.4 Å². The number of carbonyl (C=O) groups excluding carboxylic acids is 1. The lowest BCUT2D eigenvalue weighted by molar-refractivity contribution is 0.102. The van der Waals surface area contributed by atoms with Gasteiger partial charge in [-0.15, -0.1) is 0 Å². The van der Waals surface area contributed by atoms with E-state index in [4.69, 9.17) is 5.26 Å². The van der Waals surface area contributed by atoms with Gasteiger partial charge in [-0.3, -0.25) is 4.79 Å². The Morgan fingerprint density at radius 3 is 2.16 bits per heavy atom. The van der Waals surface area contributed by atoms with Crippen LogP contribution in [0.25, 0.3) is 0 Å². The predicted molar refractivity (Wildman–Crippen MR) is 93.5 cm³/mol. The van der Waals surface area contributed by atoms with Crippen LogP contribution >= 0.6 is 0 Å². The number of carbonyl (C=O) groups is 1. The van der Waals surface area contributed by atoms with Gasteiger partial charge in [0.1, 0.15) is 0 Å². The molecule has 7 heteroatoms. The molecule has 0 bridgehead atoms. The normalized spacial score (nSPS) is 14.8. The van der Waals surface area contributed by atoms with Gasteiger partial charge in [0.25, 0.3) is 5.91 Å². The zero-order chi connectivity index (χ0) is 17.9. The Hall–Kier alpha value is -2.69. The van der Waals surface area contributed by atoms with E-state index in [0.29, 0.717) is 29.9 Å². The molecule has 6 nitrogen and oxygen atoms in total. The molecule has 0 aliphatic carbocycles. The van der Waals surface area contributed by atoms with Crippen molar-refractivity contribution in [2.24, 2.45) is 0 Å². The molecule has 2 aromatic carbocycles. The third kappa shape index (κ3) is 3.71. The van der Waals surface area contributed by atoms with Crippen LogP contribution in [-0.4, -0.2) is 31.7 Å². The van der Waals surface area contributed by atoms with Gasteiger partial charge in [-0.2, -0.15) is 9.57 Å². The van der Waals surface area contributed by atoms with Gasteiger partial charge in [0, 0.05) is 24.3 Å². The topological polar surface area (TPSA) is 90.3 Å². The molecule has 1 aliphatic heterocycles. The molecule has 1 heterocycles. The smallest absolute Gasteiger partial charge is 0.255 e. The highest BCUT2D eigenvalue weighted by molar-refractivity contribution is 7.89. The van der Waals surface area contributed by atoms with Crippen LogP contribution < -0.4 is 5.32 Å². The summed E-state index contributed by atoms with van der Waals surface area (Å²) in [4.78, 5) is 12.4. The summed E-state index contributed by atoms with van der Waals surface area (Å²) in [7, 11) is -3.45. The van der Waals surface area contributed by atoms with Crippen LogP contribution in [0.3, 0.4) is 0 Å². The van der Waals surface area contributed by atoms with Gasteiger partial charge in [0.05, 0.1) is 16.5 Å². The third-order valence-electron chi connectivity index (χ3n) is 4.09. The van der Waals surface area contributed by atoms with Crippen molar-refractivity contribution >= 4 is 21.6 Å². The van der Waals surface area contributed by atoms with E-state index in [-0.39, 0.29) is 10.8 Å². The molecular formula is C18H17N3O3S. The van der Waals surface area contributed by atoms with Crippen LogP contribution in [0.2, 0.25) is 0 Å². The molecular weight excluding hydrogens is 338 g/mol. The van der Waals surface area contributed by atoms with E-state index in [1.54, 1.807) is 36.4 Å². The molecule has 1 fully saturated rings. The second kappa shape index (κ2) is 7.05. The Labute approximate surface area is 146 Å². The summed E-state index contributed by atoms with van der Waals surface area (Å²) in [6, 6.07) is 14.4. The highest BCUT2D eigenvalue weighted by atomic mass is 32.2. The Morgan fingerprint density at radius 1 is 1.00 bits per heavy atom. The number of hydrogen-bond acceptors (Lipinski definition) is 4. The molecule has 2 aromatic rings. The maximum absolute atomic E-state index is 12.5. The molecule has 1 N–H and O–H groups in total. The minimum Gasteiger partial charge on any atom is -0.322 e. The number of nitrogens with zero attached hydrogens (tertiary/aromatic N) is 2. The molecule has 128 valence electrons. The first-order chi connectivity index (χ1) is 12.0. The zero-order valence-corrected chi connectivity index (χ0v) is 14.3. The number of hydrogen-bond donors (Lipinski definition) is 1. The van der Waals surface area contributed by atoms with Gasteiger partial charge in [-0.1, -0.05) is 0 Å². The first kappa shape index (κ1) is 17.1. The first-order valence-corrected chi connectivity index (χ1v) is 9.36. The highest BCUT2D eigenvalue weighted by Crippen LogP contribution is 2.22. The molecule has 3 rings (SSSR count). The summed E-state index contributed by atoms with van der Waals surface area (Å²) in [5.74, 6) is -0.320. The molecule has 1 aliphatic rings. The quantitative estimate of drug-likeness (QED) is 0.913. The van der Waals surface area contributed by atoms with Crippen molar-refractivity contribution in [3.63, 3.8) is 0 Å². The Morgan fingerprint density at radius 2 is 1.60 bits per heavy atom. The lowest BCUT2D eigenvalue weighted by Crippen LogP contribution is -2.27. The van der Waals surface area contributed by atoms with Gasteiger partial charge in [-0.25, -0.2) is 8.42 Å². The average Bonchev–Trinajstić information content (AvgIpc) is 3.18. The van der Waals surface area contributed by atoms with E-state index in [9.17, 15) is 13.2 Å². The minimum atomic E-state index is -3.45. The largest absolute Gasteiger partial charge is 0.322 e. The summed E-state index contributed by atoms with van der Waals surface area (Å²) in [5.41, 5.74) is 1.41. The summed E-state index contributed by atoms with van der Waals surface area (Å²) in [6.07, 6.45) is 1.77. The number of rotatable bonds is 4. The van der Waals surface area contributed by atoms with E-state index < -0.39 is 10.0 Å². The van der Waals surface area contributed by atoms with Crippen molar-refractivity contribution in [3.8, 4) is 6.07 Å². The van der Waals surface area contributed by atoms with E-state index in [0.717, 1.165) is 12.8 Å². The van der Waals surface area contributed by atoms with Crippen molar-refractivity contribution in [2.75, 3.05) is 18.4 Å². The number of nitriles is 1. The second-order valence-electron chi connectivity index (χ2n) is 5.78. The average molecular weight is 355 g/mol. The van der Waals surface area contributed by atoms with Gasteiger partial charge in [0.2, 0.25) is 10.0 Å². The maximum atomic E-state index is 12.5. The number of amides is 1. The van der Waals surface area contributed by atoms with Crippen molar-refractivity contribution in [1.29, 1.82) is 5.26 Å². The molecule has 1 amide bonds. The fraction of sp³-hybridized carbons (Fsp3) is 0.222. The van der Waals surface area contributed by atoms with Gasteiger partial charge >= 0.3 is 0 Å². The van der Waals surface area contributed by atoms with Crippen molar-refractivity contribution in [3.05, 3.63) is 59.7 Å². The summed E-state index contributed by atoms with van der Waals surface area (Å²) < 4.78 is 26.4. The van der Waals surface area contributed by atoms with Gasteiger partial charge in [-0.05, 0) is 61.4 Å². The van der Waals surface area contributed by atoms with Crippen molar-refractivity contribution in [2.45, 2.75) is 17.7 Å². The predicted octanol–water partition coefficient (Wildman–Crippen LogP) is 2.60. The van der Waals surface area contributed by atoms with Gasteiger partial charge < -0.3 is 5.32 Å². The lowest BCUT2D eigenvalue weighted by atomic mass is 10.1. The lowest BCUT2D eigenvalue weighted by Gasteiger charge is -2.15. The summed E-state index contributed by atoms with van der Waals surface area (Å²) in [6.45, 7) is 1.11. The Kier molecular flexibility index (Phi) is 4.83. The van der Waals surface area contributed by atoms with Gasteiger partial charge in [0.15, 0.2) is 0 Å². The highest BCUT2D eigenvalue weighted by Gasteiger charge is 2.26. The number of benzene rings is 2. The Bertz CT molecular complexity index is 908. The fourth-order valence-corrected chi connectivity index (χ4v) is 4.20. The third-order valence-corrected chi connectivity index (χ3v) is 6.00. The van der Waals surface area contributed by atoms with Crippen LogP contribution in [0.5, 0.6) is 0 Å². The minimum absolute atomic E-state index is 0.228. The molecule has 1 saturated heterocycles. The summed E-state index contributed by atoms with van der Waals surface area (Å²) in [5, 5.41) is 11.5. The molecule has 0 spiro atoms.